The molecule has 0 saturated carbocycles. The van der Waals surface area contributed by atoms with Crippen molar-refractivity contribution in [3.8, 4) is 0 Å². The quantitative estimate of drug-likeness (QED) is 0.915. The summed E-state index contributed by atoms with van der Waals surface area (Å²) in [6.07, 6.45) is 0. The van der Waals surface area contributed by atoms with Crippen molar-refractivity contribution in [2.75, 3.05) is 5.32 Å². The lowest BCUT2D eigenvalue weighted by molar-refractivity contribution is 0.102. The van der Waals surface area contributed by atoms with Gasteiger partial charge in [-0.3, -0.25) is 10.1 Å². The Kier molecular flexibility index (Phi) is 3.31. The van der Waals surface area contributed by atoms with Crippen molar-refractivity contribution in [2.45, 2.75) is 19.8 Å². The molecule has 0 bridgehead atoms. The third-order valence-corrected chi connectivity index (χ3v) is 3.36. The van der Waals surface area contributed by atoms with Crippen molar-refractivity contribution in [2.24, 2.45) is 0 Å². The van der Waals surface area contributed by atoms with E-state index in [1.807, 2.05) is 5.38 Å². The van der Waals surface area contributed by atoms with Gasteiger partial charge in [0.2, 0.25) is 0 Å². The van der Waals surface area contributed by atoms with Crippen molar-refractivity contribution in [1.82, 2.24) is 9.97 Å². The zero-order valence-electron chi connectivity index (χ0n) is 8.93. The zero-order valence-corrected chi connectivity index (χ0v) is 10.6. The predicted octanol–water partition coefficient (Wildman–Crippen LogP) is 2.98. The average molecular weight is 253 g/mol. The zero-order chi connectivity index (χ0) is 11.5. The number of carbonyl (C=O) groups is 1. The van der Waals surface area contributed by atoms with Gasteiger partial charge in [0.25, 0.3) is 5.91 Å². The molecule has 2 rings (SSSR count). The molecule has 0 aliphatic rings. The van der Waals surface area contributed by atoms with E-state index in [9.17, 15) is 4.79 Å². The maximum absolute atomic E-state index is 11.7. The first-order chi connectivity index (χ1) is 7.66. The van der Waals surface area contributed by atoms with Gasteiger partial charge in [0.05, 0.1) is 11.2 Å². The van der Waals surface area contributed by atoms with E-state index in [1.54, 1.807) is 10.9 Å². The highest BCUT2D eigenvalue weighted by molar-refractivity contribution is 7.14. The summed E-state index contributed by atoms with van der Waals surface area (Å²) < 4.78 is 0. The van der Waals surface area contributed by atoms with Crippen LogP contribution in [-0.2, 0) is 0 Å². The first-order valence-electron chi connectivity index (χ1n) is 4.82. The maximum atomic E-state index is 11.7. The highest BCUT2D eigenvalue weighted by Crippen LogP contribution is 2.21. The molecule has 6 heteroatoms. The molecule has 0 radical (unpaired) electrons. The van der Waals surface area contributed by atoms with Gasteiger partial charge in [0, 0.05) is 10.8 Å². The van der Waals surface area contributed by atoms with E-state index in [-0.39, 0.29) is 5.91 Å². The average Bonchev–Trinajstić information content (AvgIpc) is 2.87. The van der Waals surface area contributed by atoms with Gasteiger partial charge in [-0.15, -0.1) is 22.7 Å². The maximum Gasteiger partial charge on any atom is 0.276 e. The van der Waals surface area contributed by atoms with Crippen molar-refractivity contribution >= 4 is 33.7 Å². The molecule has 0 saturated heterocycles. The van der Waals surface area contributed by atoms with Gasteiger partial charge in [-0.1, -0.05) is 13.8 Å². The molecule has 1 amide bonds. The standard InChI is InChI=1S/C10H11N3OS2/c1-6(2)7-4-16-10(12-7)13-9(14)8-3-15-5-11-8/h3-6H,1-2H3,(H,12,13,14). The number of hydrogen-bond acceptors (Lipinski definition) is 5. The molecule has 0 fully saturated rings. The molecular formula is C10H11N3OS2. The molecule has 1 N–H and O–H groups in total. The van der Waals surface area contributed by atoms with Crippen molar-refractivity contribution < 1.29 is 4.79 Å². The third kappa shape index (κ3) is 2.45. The number of carbonyl (C=O) groups excluding carboxylic acids is 1. The normalized spacial score (nSPS) is 10.7. The summed E-state index contributed by atoms with van der Waals surface area (Å²) in [5.41, 5.74) is 3.07. The lowest BCUT2D eigenvalue weighted by atomic mass is 10.2. The van der Waals surface area contributed by atoms with Gasteiger partial charge in [-0.25, -0.2) is 9.97 Å². The molecular weight excluding hydrogens is 242 g/mol. The Morgan fingerprint density at radius 2 is 2.25 bits per heavy atom. The molecule has 2 heterocycles. The topological polar surface area (TPSA) is 54.9 Å². The molecule has 0 aromatic carbocycles. The number of rotatable bonds is 3. The SMILES string of the molecule is CC(C)c1csc(NC(=O)c2cscn2)n1. The van der Waals surface area contributed by atoms with Crippen LogP contribution in [0.1, 0.15) is 35.9 Å². The molecule has 2 aromatic heterocycles. The van der Waals surface area contributed by atoms with Gasteiger partial charge < -0.3 is 0 Å². The van der Waals surface area contributed by atoms with Crippen LogP contribution in [0.4, 0.5) is 5.13 Å². The number of aromatic nitrogens is 2. The molecule has 0 aliphatic heterocycles. The van der Waals surface area contributed by atoms with Gasteiger partial charge in [-0.05, 0) is 5.92 Å². The van der Waals surface area contributed by atoms with Crippen LogP contribution in [0, 0.1) is 0 Å². The summed E-state index contributed by atoms with van der Waals surface area (Å²) in [6.45, 7) is 4.14. The van der Waals surface area contributed by atoms with E-state index >= 15 is 0 Å². The van der Waals surface area contributed by atoms with Crippen LogP contribution in [0.5, 0.6) is 0 Å². The highest BCUT2D eigenvalue weighted by atomic mass is 32.1. The highest BCUT2D eigenvalue weighted by Gasteiger charge is 2.11. The number of thiazole rings is 2. The Morgan fingerprint density at radius 3 is 2.81 bits per heavy atom. The van der Waals surface area contributed by atoms with E-state index in [1.165, 1.54) is 22.7 Å². The Morgan fingerprint density at radius 1 is 1.44 bits per heavy atom. The fourth-order valence-electron chi connectivity index (χ4n) is 1.09. The summed E-state index contributed by atoms with van der Waals surface area (Å²) in [7, 11) is 0. The second kappa shape index (κ2) is 4.71. The van der Waals surface area contributed by atoms with Crippen LogP contribution in [-0.4, -0.2) is 15.9 Å². The summed E-state index contributed by atoms with van der Waals surface area (Å²) in [5, 5.41) is 7.03. The monoisotopic (exact) mass is 253 g/mol. The van der Waals surface area contributed by atoms with Gasteiger partial charge in [0.15, 0.2) is 5.13 Å². The summed E-state index contributed by atoms with van der Waals surface area (Å²) in [5.74, 6) is 0.173. The molecule has 84 valence electrons. The van der Waals surface area contributed by atoms with Crippen LogP contribution < -0.4 is 5.32 Å². The molecule has 0 spiro atoms. The Balaban J connectivity index is 2.07. The van der Waals surface area contributed by atoms with E-state index in [0.29, 0.717) is 16.7 Å². The molecule has 4 nitrogen and oxygen atoms in total. The summed E-state index contributed by atoms with van der Waals surface area (Å²) in [6, 6.07) is 0. The summed E-state index contributed by atoms with van der Waals surface area (Å²) in [4.78, 5) is 19.9. The van der Waals surface area contributed by atoms with E-state index in [0.717, 1.165) is 5.69 Å². The number of nitrogens with zero attached hydrogens (tertiary/aromatic N) is 2. The number of nitrogens with one attached hydrogen (secondary N) is 1. The largest absolute Gasteiger partial charge is 0.296 e. The van der Waals surface area contributed by atoms with Gasteiger partial charge in [0.1, 0.15) is 5.69 Å². The number of amides is 1. The Labute approximate surface area is 101 Å². The van der Waals surface area contributed by atoms with Crippen LogP contribution in [0.3, 0.4) is 0 Å². The molecule has 0 atom stereocenters. The van der Waals surface area contributed by atoms with Crippen LogP contribution >= 0.6 is 22.7 Å². The van der Waals surface area contributed by atoms with Crippen molar-refractivity contribution in [1.29, 1.82) is 0 Å². The minimum absolute atomic E-state index is 0.203. The first-order valence-corrected chi connectivity index (χ1v) is 6.64. The number of hydrogen-bond donors (Lipinski definition) is 1. The predicted molar refractivity (Wildman–Crippen MR) is 66.3 cm³/mol. The number of anilines is 1. The second-order valence-electron chi connectivity index (χ2n) is 3.56. The Hall–Kier alpha value is -1.27. The van der Waals surface area contributed by atoms with Crippen LogP contribution in [0.15, 0.2) is 16.3 Å². The minimum atomic E-state index is -0.203. The summed E-state index contributed by atoms with van der Waals surface area (Å²) >= 11 is 2.84. The van der Waals surface area contributed by atoms with E-state index < -0.39 is 0 Å². The van der Waals surface area contributed by atoms with Crippen LogP contribution in [0.2, 0.25) is 0 Å². The lowest BCUT2D eigenvalue weighted by Gasteiger charge is -1.98. The molecule has 0 unspecified atom stereocenters. The molecule has 2 aromatic rings. The molecule has 0 aliphatic carbocycles. The van der Waals surface area contributed by atoms with Gasteiger partial charge in [-0.2, -0.15) is 0 Å². The van der Waals surface area contributed by atoms with E-state index in [4.69, 9.17) is 0 Å². The second-order valence-corrected chi connectivity index (χ2v) is 5.14. The third-order valence-electron chi connectivity index (χ3n) is 2.00. The van der Waals surface area contributed by atoms with Crippen molar-refractivity contribution in [3.63, 3.8) is 0 Å². The Bertz CT molecular complexity index is 476. The fraction of sp³-hybridized carbons (Fsp3) is 0.300. The minimum Gasteiger partial charge on any atom is -0.296 e. The van der Waals surface area contributed by atoms with E-state index in [2.05, 4.69) is 29.1 Å². The fourth-order valence-corrected chi connectivity index (χ4v) is 2.49. The molecule has 16 heavy (non-hydrogen) atoms. The van der Waals surface area contributed by atoms with Crippen LogP contribution in [0.25, 0.3) is 0 Å². The van der Waals surface area contributed by atoms with Crippen molar-refractivity contribution in [3.05, 3.63) is 27.7 Å². The van der Waals surface area contributed by atoms with Gasteiger partial charge >= 0.3 is 0 Å². The smallest absolute Gasteiger partial charge is 0.276 e. The first kappa shape index (κ1) is 11.2. The lowest BCUT2D eigenvalue weighted by Crippen LogP contribution is -2.11.